The summed E-state index contributed by atoms with van der Waals surface area (Å²) < 4.78 is 22.8. The zero-order valence-corrected chi connectivity index (χ0v) is 23.1. The SMILES string of the molecule is CCc1ccc(OCC(=O)Oc2ccc3c(c2)OC(N)=C(C#N)C3c2cccc(OCc3ccc(Cl)cc3)c2)cc1. The maximum absolute atomic E-state index is 12.5. The standard InChI is InChI=1S/C33H27ClN2O5/c1-2-21-8-12-25(13-9-21)39-20-31(37)40-27-14-15-28-30(17-27)41-33(36)29(18-35)32(28)23-4-3-5-26(16-23)38-19-22-6-10-24(34)11-7-22/h3-17,32H,2,19-20,36H2,1H3. The zero-order valence-electron chi connectivity index (χ0n) is 22.3. The summed E-state index contributed by atoms with van der Waals surface area (Å²) in [6.45, 7) is 2.17. The normalized spacial score (nSPS) is 13.9. The van der Waals surface area contributed by atoms with Gasteiger partial charge in [0.15, 0.2) is 6.61 Å². The smallest absolute Gasteiger partial charge is 0.349 e. The fourth-order valence-electron chi connectivity index (χ4n) is 4.50. The van der Waals surface area contributed by atoms with Crippen molar-refractivity contribution in [3.63, 3.8) is 0 Å². The molecule has 1 aliphatic heterocycles. The van der Waals surface area contributed by atoms with E-state index in [0.29, 0.717) is 34.4 Å². The second-order valence-corrected chi connectivity index (χ2v) is 9.81. The van der Waals surface area contributed by atoms with Crippen LogP contribution in [0.5, 0.6) is 23.0 Å². The first-order chi connectivity index (χ1) is 19.9. The first-order valence-electron chi connectivity index (χ1n) is 13.0. The zero-order chi connectivity index (χ0) is 28.8. The van der Waals surface area contributed by atoms with Crippen LogP contribution in [0, 0.1) is 11.3 Å². The van der Waals surface area contributed by atoms with Crippen molar-refractivity contribution in [2.24, 2.45) is 5.73 Å². The highest BCUT2D eigenvalue weighted by Gasteiger charge is 2.31. The molecule has 1 aliphatic rings. The third-order valence-corrected chi connectivity index (χ3v) is 6.87. The van der Waals surface area contributed by atoms with Crippen LogP contribution in [-0.2, 0) is 17.8 Å². The lowest BCUT2D eigenvalue weighted by atomic mass is 9.83. The van der Waals surface area contributed by atoms with Gasteiger partial charge in [-0.2, -0.15) is 5.26 Å². The summed E-state index contributed by atoms with van der Waals surface area (Å²) in [5.74, 6) is 0.796. The molecule has 0 amide bonds. The van der Waals surface area contributed by atoms with Gasteiger partial charge < -0.3 is 24.7 Å². The monoisotopic (exact) mass is 566 g/mol. The number of hydrogen-bond donors (Lipinski definition) is 1. The molecule has 7 nitrogen and oxygen atoms in total. The van der Waals surface area contributed by atoms with Gasteiger partial charge in [0.1, 0.15) is 41.2 Å². The van der Waals surface area contributed by atoms with E-state index in [9.17, 15) is 10.1 Å². The molecule has 1 heterocycles. The quantitative estimate of drug-likeness (QED) is 0.178. The van der Waals surface area contributed by atoms with Crippen molar-refractivity contribution in [1.29, 1.82) is 5.26 Å². The second kappa shape index (κ2) is 12.5. The number of fused-ring (bicyclic) bond motifs is 1. The summed E-state index contributed by atoms with van der Waals surface area (Å²) in [5.41, 5.74) is 10.1. The van der Waals surface area contributed by atoms with E-state index >= 15 is 0 Å². The molecule has 5 rings (SSSR count). The highest BCUT2D eigenvalue weighted by Crippen LogP contribution is 2.44. The lowest BCUT2D eigenvalue weighted by Crippen LogP contribution is -2.21. The lowest BCUT2D eigenvalue weighted by molar-refractivity contribution is -0.136. The number of benzene rings is 4. The van der Waals surface area contributed by atoms with Gasteiger partial charge >= 0.3 is 5.97 Å². The van der Waals surface area contributed by atoms with Gasteiger partial charge in [0.25, 0.3) is 0 Å². The molecule has 41 heavy (non-hydrogen) atoms. The highest BCUT2D eigenvalue weighted by molar-refractivity contribution is 6.30. The Morgan fingerprint density at radius 3 is 2.39 bits per heavy atom. The molecule has 0 saturated heterocycles. The molecule has 4 aromatic rings. The summed E-state index contributed by atoms with van der Waals surface area (Å²) in [6.07, 6.45) is 0.919. The number of allylic oxidation sites excluding steroid dienone is 1. The Hall–Kier alpha value is -4.93. The van der Waals surface area contributed by atoms with Gasteiger partial charge in [-0.3, -0.25) is 0 Å². The molecule has 0 fully saturated rings. The van der Waals surface area contributed by atoms with E-state index in [1.807, 2.05) is 72.8 Å². The lowest BCUT2D eigenvalue weighted by Gasteiger charge is -2.27. The van der Waals surface area contributed by atoms with E-state index < -0.39 is 11.9 Å². The van der Waals surface area contributed by atoms with Gasteiger partial charge in [0.2, 0.25) is 5.88 Å². The van der Waals surface area contributed by atoms with Crippen LogP contribution < -0.4 is 24.7 Å². The van der Waals surface area contributed by atoms with Crippen molar-refractivity contribution >= 4 is 17.6 Å². The van der Waals surface area contributed by atoms with Crippen LogP contribution in [0.4, 0.5) is 0 Å². The fourth-order valence-corrected chi connectivity index (χ4v) is 4.62. The van der Waals surface area contributed by atoms with E-state index in [2.05, 4.69) is 13.0 Å². The number of carbonyl (C=O) groups is 1. The Morgan fingerprint density at radius 1 is 0.927 bits per heavy atom. The predicted molar refractivity (Wildman–Crippen MR) is 155 cm³/mol. The maximum Gasteiger partial charge on any atom is 0.349 e. The summed E-state index contributed by atoms with van der Waals surface area (Å²) in [4.78, 5) is 12.5. The molecule has 8 heteroatoms. The summed E-state index contributed by atoms with van der Waals surface area (Å²) >= 11 is 5.97. The first-order valence-corrected chi connectivity index (χ1v) is 13.4. The van der Waals surface area contributed by atoms with Gasteiger partial charge in [0, 0.05) is 16.7 Å². The van der Waals surface area contributed by atoms with Crippen molar-refractivity contribution in [2.75, 3.05) is 6.61 Å². The predicted octanol–water partition coefficient (Wildman–Crippen LogP) is 6.68. The van der Waals surface area contributed by atoms with Gasteiger partial charge in [0.05, 0.1) is 5.92 Å². The molecule has 0 bridgehead atoms. The van der Waals surface area contributed by atoms with E-state index in [4.69, 9.17) is 36.3 Å². The average Bonchev–Trinajstić information content (AvgIpc) is 2.99. The van der Waals surface area contributed by atoms with Crippen LogP contribution in [-0.4, -0.2) is 12.6 Å². The van der Waals surface area contributed by atoms with Crippen molar-refractivity contribution in [3.8, 4) is 29.1 Å². The number of esters is 1. The van der Waals surface area contributed by atoms with E-state index in [-0.39, 0.29) is 23.8 Å². The molecule has 2 N–H and O–H groups in total. The van der Waals surface area contributed by atoms with Crippen LogP contribution in [0.25, 0.3) is 0 Å². The minimum atomic E-state index is -0.566. The number of nitriles is 1. The van der Waals surface area contributed by atoms with Crippen LogP contribution >= 0.6 is 11.6 Å². The Kier molecular flexibility index (Phi) is 8.42. The van der Waals surface area contributed by atoms with Crippen LogP contribution in [0.1, 0.15) is 35.1 Å². The van der Waals surface area contributed by atoms with Crippen molar-refractivity contribution in [2.45, 2.75) is 25.9 Å². The van der Waals surface area contributed by atoms with Crippen LogP contribution in [0.2, 0.25) is 5.02 Å². The number of halogens is 1. The molecule has 206 valence electrons. The fraction of sp³-hybridized carbons (Fsp3) is 0.152. The van der Waals surface area contributed by atoms with Gasteiger partial charge in [-0.15, -0.1) is 0 Å². The Morgan fingerprint density at radius 2 is 1.66 bits per heavy atom. The maximum atomic E-state index is 12.5. The summed E-state index contributed by atoms with van der Waals surface area (Å²) in [6, 6.07) is 29.6. The molecule has 4 aromatic carbocycles. The highest BCUT2D eigenvalue weighted by atomic mass is 35.5. The van der Waals surface area contributed by atoms with Gasteiger partial charge in [-0.05, 0) is 65.6 Å². The molecule has 0 radical (unpaired) electrons. The minimum absolute atomic E-state index is 0.0141. The summed E-state index contributed by atoms with van der Waals surface area (Å²) in [7, 11) is 0. The van der Waals surface area contributed by atoms with Crippen molar-refractivity contribution < 1.29 is 23.7 Å². The Labute approximate surface area is 243 Å². The average molecular weight is 567 g/mol. The third-order valence-electron chi connectivity index (χ3n) is 6.62. The molecule has 1 atom stereocenters. The van der Waals surface area contributed by atoms with E-state index in [0.717, 1.165) is 17.5 Å². The molecular formula is C33H27ClN2O5. The number of hydrogen-bond acceptors (Lipinski definition) is 7. The topological polar surface area (TPSA) is 104 Å². The van der Waals surface area contributed by atoms with Gasteiger partial charge in [-0.1, -0.05) is 61.0 Å². The Balaban J connectivity index is 1.31. The first kappa shape index (κ1) is 27.6. The van der Waals surface area contributed by atoms with Crippen molar-refractivity contribution in [3.05, 3.63) is 130 Å². The van der Waals surface area contributed by atoms with Crippen LogP contribution in [0.15, 0.2) is 102 Å². The van der Waals surface area contributed by atoms with E-state index in [1.54, 1.807) is 18.2 Å². The van der Waals surface area contributed by atoms with E-state index in [1.165, 1.54) is 5.56 Å². The third kappa shape index (κ3) is 6.63. The van der Waals surface area contributed by atoms with Crippen molar-refractivity contribution in [1.82, 2.24) is 0 Å². The van der Waals surface area contributed by atoms with Crippen LogP contribution in [0.3, 0.4) is 0 Å². The molecular weight excluding hydrogens is 540 g/mol. The van der Waals surface area contributed by atoms with Gasteiger partial charge in [-0.25, -0.2) is 4.79 Å². The number of carbonyl (C=O) groups excluding carboxylic acids is 1. The largest absolute Gasteiger partial charge is 0.489 e. The number of rotatable bonds is 9. The molecule has 1 unspecified atom stereocenters. The second-order valence-electron chi connectivity index (χ2n) is 9.37. The Bertz CT molecular complexity index is 1630. The summed E-state index contributed by atoms with van der Waals surface area (Å²) in [5, 5.41) is 10.6. The number of nitrogens with two attached hydrogens (primary N) is 1. The molecule has 0 spiro atoms. The minimum Gasteiger partial charge on any atom is -0.489 e. The number of ether oxygens (including phenoxy) is 4. The number of aryl methyl sites for hydroxylation is 1. The molecule has 0 aliphatic carbocycles. The molecule has 0 aromatic heterocycles. The number of nitrogens with zero attached hydrogens (tertiary/aromatic N) is 1. The molecule has 0 saturated carbocycles.